The first kappa shape index (κ1) is 12.9. The predicted molar refractivity (Wildman–Crippen MR) is 64.5 cm³/mol. The average molecular weight is 224 g/mol. The third kappa shape index (κ3) is 3.18. The van der Waals surface area contributed by atoms with Crippen LogP contribution in [0.15, 0.2) is 12.1 Å². The second-order valence-electron chi connectivity index (χ2n) is 3.73. The van der Waals surface area contributed by atoms with Crippen LogP contribution in [0.2, 0.25) is 0 Å². The highest BCUT2D eigenvalue weighted by atomic mass is 16.3. The number of aryl methyl sites for hydroxylation is 1. The van der Waals surface area contributed by atoms with Gasteiger partial charge in [0.15, 0.2) is 0 Å². The molecule has 0 saturated heterocycles. The van der Waals surface area contributed by atoms with E-state index in [1.807, 2.05) is 19.1 Å². The summed E-state index contributed by atoms with van der Waals surface area (Å²) < 4.78 is 0. The Morgan fingerprint density at radius 2 is 2.06 bits per heavy atom. The molecular formula is C12H20N2O2. The zero-order valence-electron chi connectivity index (χ0n) is 9.98. The Bertz CT molecular complexity index is 329. The molecule has 0 aliphatic heterocycles. The average Bonchev–Trinajstić information content (AvgIpc) is 2.30. The molecule has 0 saturated carbocycles. The molecule has 4 heteroatoms. The van der Waals surface area contributed by atoms with Gasteiger partial charge in [0.25, 0.3) is 0 Å². The summed E-state index contributed by atoms with van der Waals surface area (Å²) in [5, 5.41) is 17.9. The SMILES string of the molecule is CCN(CCCO)c1ccc(CO)c(C)n1. The van der Waals surface area contributed by atoms with Gasteiger partial charge in [0.2, 0.25) is 0 Å². The molecule has 1 heterocycles. The number of rotatable bonds is 6. The van der Waals surface area contributed by atoms with Crippen molar-refractivity contribution in [3.8, 4) is 0 Å². The predicted octanol–water partition coefficient (Wildman–Crippen LogP) is 1.09. The molecule has 0 bridgehead atoms. The fourth-order valence-electron chi connectivity index (χ4n) is 1.62. The van der Waals surface area contributed by atoms with Gasteiger partial charge in [0.1, 0.15) is 5.82 Å². The lowest BCUT2D eigenvalue weighted by molar-refractivity contribution is 0.280. The summed E-state index contributed by atoms with van der Waals surface area (Å²) in [6.07, 6.45) is 0.746. The van der Waals surface area contributed by atoms with Crippen LogP contribution < -0.4 is 4.90 Å². The first-order chi connectivity index (χ1) is 7.72. The summed E-state index contributed by atoms with van der Waals surface area (Å²) in [5.74, 6) is 0.908. The molecule has 1 rings (SSSR count). The number of nitrogens with zero attached hydrogens (tertiary/aromatic N) is 2. The van der Waals surface area contributed by atoms with Gasteiger partial charge < -0.3 is 15.1 Å². The number of anilines is 1. The standard InChI is InChI=1S/C12H20N2O2/c1-3-14(7-4-8-15)12-6-5-11(9-16)10(2)13-12/h5-6,15-16H,3-4,7-9H2,1-2H3. The normalized spacial score (nSPS) is 10.5. The maximum absolute atomic E-state index is 9.06. The summed E-state index contributed by atoms with van der Waals surface area (Å²) in [7, 11) is 0. The Labute approximate surface area is 96.6 Å². The van der Waals surface area contributed by atoms with Crippen molar-refractivity contribution in [1.82, 2.24) is 4.98 Å². The van der Waals surface area contributed by atoms with Crippen molar-refractivity contribution in [3.05, 3.63) is 23.4 Å². The second kappa shape index (κ2) is 6.45. The van der Waals surface area contributed by atoms with E-state index in [0.29, 0.717) is 0 Å². The largest absolute Gasteiger partial charge is 0.396 e. The molecular weight excluding hydrogens is 204 g/mol. The number of hydrogen-bond donors (Lipinski definition) is 2. The minimum atomic E-state index is 0.0296. The number of hydrogen-bond acceptors (Lipinski definition) is 4. The molecule has 16 heavy (non-hydrogen) atoms. The zero-order chi connectivity index (χ0) is 12.0. The van der Waals surface area contributed by atoms with Gasteiger partial charge in [-0.2, -0.15) is 0 Å². The molecule has 2 N–H and O–H groups in total. The number of aromatic nitrogens is 1. The molecule has 0 aliphatic carbocycles. The van der Waals surface area contributed by atoms with Crippen LogP contribution in [0.1, 0.15) is 24.6 Å². The van der Waals surface area contributed by atoms with Crippen LogP contribution in [0.25, 0.3) is 0 Å². The molecule has 4 nitrogen and oxygen atoms in total. The molecule has 90 valence electrons. The second-order valence-corrected chi connectivity index (χ2v) is 3.73. The molecule has 0 amide bonds. The van der Waals surface area contributed by atoms with Crippen LogP contribution >= 0.6 is 0 Å². The fourth-order valence-corrected chi connectivity index (χ4v) is 1.62. The highest BCUT2D eigenvalue weighted by Crippen LogP contribution is 2.15. The van der Waals surface area contributed by atoms with E-state index in [4.69, 9.17) is 10.2 Å². The Balaban J connectivity index is 2.80. The van der Waals surface area contributed by atoms with Gasteiger partial charge in [-0.3, -0.25) is 0 Å². The topological polar surface area (TPSA) is 56.6 Å². The van der Waals surface area contributed by atoms with Gasteiger partial charge in [0.05, 0.1) is 6.61 Å². The molecule has 0 aromatic carbocycles. The van der Waals surface area contributed by atoms with Crippen LogP contribution in [0.3, 0.4) is 0 Å². The third-order valence-corrected chi connectivity index (χ3v) is 2.64. The fraction of sp³-hybridized carbons (Fsp3) is 0.583. The molecule has 0 atom stereocenters. The molecule has 1 aromatic heterocycles. The van der Waals surface area contributed by atoms with Crippen LogP contribution in [-0.2, 0) is 6.61 Å². The number of pyridine rings is 1. The maximum atomic E-state index is 9.06. The van der Waals surface area contributed by atoms with Crippen LogP contribution in [0.5, 0.6) is 0 Å². The Morgan fingerprint density at radius 3 is 2.56 bits per heavy atom. The smallest absolute Gasteiger partial charge is 0.128 e. The molecule has 0 radical (unpaired) electrons. The Hall–Kier alpha value is -1.13. The van der Waals surface area contributed by atoms with Crippen molar-refractivity contribution in [2.45, 2.75) is 26.9 Å². The molecule has 0 unspecified atom stereocenters. The van der Waals surface area contributed by atoms with E-state index >= 15 is 0 Å². The van der Waals surface area contributed by atoms with Crippen molar-refractivity contribution < 1.29 is 10.2 Å². The van der Waals surface area contributed by atoms with Crippen molar-refractivity contribution in [2.75, 3.05) is 24.6 Å². The van der Waals surface area contributed by atoms with Gasteiger partial charge in [-0.05, 0) is 31.9 Å². The highest BCUT2D eigenvalue weighted by Gasteiger charge is 2.07. The summed E-state index contributed by atoms with van der Waals surface area (Å²) >= 11 is 0. The molecule has 0 aliphatic rings. The van der Waals surface area contributed by atoms with Gasteiger partial charge in [-0.25, -0.2) is 4.98 Å². The highest BCUT2D eigenvalue weighted by molar-refractivity contribution is 5.41. The van der Waals surface area contributed by atoms with E-state index in [0.717, 1.165) is 36.6 Å². The third-order valence-electron chi connectivity index (χ3n) is 2.64. The van der Waals surface area contributed by atoms with Gasteiger partial charge in [-0.1, -0.05) is 6.07 Å². The molecule has 0 fully saturated rings. The lowest BCUT2D eigenvalue weighted by Gasteiger charge is -2.22. The van der Waals surface area contributed by atoms with Crippen LogP contribution in [0, 0.1) is 6.92 Å². The molecule has 1 aromatic rings. The van der Waals surface area contributed by atoms with Crippen LogP contribution in [-0.4, -0.2) is 34.9 Å². The van der Waals surface area contributed by atoms with E-state index in [-0.39, 0.29) is 13.2 Å². The van der Waals surface area contributed by atoms with E-state index in [1.54, 1.807) is 0 Å². The summed E-state index contributed by atoms with van der Waals surface area (Å²) in [6, 6.07) is 3.82. The lowest BCUT2D eigenvalue weighted by atomic mass is 10.2. The zero-order valence-corrected chi connectivity index (χ0v) is 9.98. The minimum absolute atomic E-state index is 0.0296. The van der Waals surface area contributed by atoms with E-state index in [9.17, 15) is 0 Å². The van der Waals surface area contributed by atoms with Gasteiger partial charge in [0, 0.05) is 25.4 Å². The van der Waals surface area contributed by atoms with Gasteiger partial charge >= 0.3 is 0 Å². The van der Waals surface area contributed by atoms with E-state index in [2.05, 4.69) is 16.8 Å². The van der Waals surface area contributed by atoms with Crippen molar-refractivity contribution >= 4 is 5.82 Å². The lowest BCUT2D eigenvalue weighted by Crippen LogP contribution is -2.25. The first-order valence-corrected chi connectivity index (χ1v) is 5.66. The number of aliphatic hydroxyl groups excluding tert-OH is 2. The first-order valence-electron chi connectivity index (χ1n) is 5.66. The summed E-state index contributed by atoms with van der Waals surface area (Å²) in [4.78, 5) is 6.57. The van der Waals surface area contributed by atoms with Crippen molar-refractivity contribution in [1.29, 1.82) is 0 Å². The van der Waals surface area contributed by atoms with E-state index in [1.165, 1.54) is 0 Å². The monoisotopic (exact) mass is 224 g/mol. The van der Waals surface area contributed by atoms with E-state index < -0.39 is 0 Å². The summed E-state index contributed by atoms with van der Waals surface area (Å²) in [5.41, 5.74) is 1.73. The van der Waals surface area contributed by atoms with Gasteiger partial charge in [-0.15, -0.1) is 0 Å². The van der Waals surface area contributed by atoms with Crippen molar-refractivity contribution in [3.63, 3.8) is 0 Å². The van der Waals surface area contributed by atoms with Crippen LogP contribution in [0.4, 0.5) is 5.82 Å². The quantitative estimate of drug-likeness (QED) is 0.759. The Kier molecular flexibility index (Phi) is 5.22. The number of aliphatic hydroxyl groups is 2. The maximum Gasteiger partial charge on any atom is 0.128 e. The summed E-state index contributed by atoms with van der Waals surface area (Å²) in [6.45, 7) is 5.86. The van der Waals surface area contributed by atoms with Crippen molar-refractivity contribution in [2.24, 2.45) is 0 Å². The molecule has 0 spiro atoms. The minimum Gasteiger partial charge on any atom is -0.396 e. The Morgan fingerprint density at radius 1 is 1.31 bits per heavy atom.